The van der Waals surface area contributed by atoms with E-state index in [0.717, 1.165) is 11.4 Å². The summed E-state index contributed by atoms with van der Waals surface area (Å²) in [5.74, 6) is 0.146. The lowest BCUT2D eigenvalue weighted by Crippen LogP contribution is -2.30. The van der Waals surface area contributed by atoms with Gasteiger partial charge >= 0.3 is 0 Å². The fourth-order valence-electron chi connectivity index (χ4n) is 1.76. The van der Waals surface area contributed by atoms with Crippen molar-refractivity contribution in [1.82, 2.24) is 0 Å². The molecule has 3 nitrogen and oxygen atoms in total. The number of amides is 1. The van der Waals surface area contributed by atoms with Gasteiger partial charge in [-0.15, -0.1) is 6.58 Å². The van der Waals surface area contributed by atoms with Gasteiger partial charge in [-0.1, -0.05) is 18.2 Å². The molecule has 1 amide bonds. The minimum atomic E-state index is 0.146. The molecule has 1 aliphatic rings. The fourth-order valence-corrected chi connectivity index (χ4v) is 1.76. The van der Waals surface area contributed by atoms with Gasteiger partial charge in [0.2, 0.25) is 5.91 Å². The van der Waals surface area contributed by atoms with Crippen molar-refractivity contribution in [2.24, 2.45) is 0 Å². The van der Waals surface area contributed by atoms with Crippen LogP contribution in [0.25, 0.3) is 0 Å². The van der Waals surface area contributed by atoms with Crippen molar-refractivity contribution in [1.29, 1.82) is 0 Å². The van der Waals surface area contributed by atoms with Crippen LogP contribution in [0.3, 0.4) is 0 Å². The third-order valence-electron chi connectivity index (χ3n) is 2.46. The minimum absolute atomic E-state index is 0.146. The molecule has 2 rings (SSSR count). The van der Waals surface area contributed by atoms with Gasteiger partial charge in [0.05, 0.1) is 11.4 Å². The first-order valence-corrected chi connectivity index (χ1v) is 5.07. The van der Waals surface area contributed by atoms with E-state index >= 15 is 0 Å². The summed E-state index contributed by atoms with van der Waals surface area (Å²) in [6.45, 7) is 4.94. The summed E-state index contributed by atoms with van der Waals surface area (Å²) < 4.78 is 0. The van der Waals surface area contributed by atoms with Gasteiger partial charge in [0.1, 0.15) is 0 Å². The number of nitrogens with one attached hydrogen (secondary N) is 1. The number of nitrogens with zero attached hydrogens (tertiary/aromatic N) is 1. The predicted octanol–water partition coefficient (Wildman–Crippen LogP) is 2.02. The van der Waals surface area contributed by atoms with Gasteiger partial charge in [-0.05, 0) is 12.1 Å². The molecule has 1 aliphatic heterocycles. The Bertz CT molecular complexity index is 387. The average molecular weight is 202 g/mol. The summed E-state index contributed by atoms with van der Waals surface area (Å²) in [6.07, 6.45) is 2.28. The summed E-state index contributed by atoms with van der Waals surface area (Å²) in [7, 11) is 0. The number of fused-ring (bicyclic) bond motifs is 1. The molecule has 1 aromatic rings. The molecule has 1 heterocycles. The topological polar surface area (TPSA) is 32.3 Å². The van der Waals surface area contributed by atoms with Crippen LogP contribution in [-0.4, -0.2) is 19.0 Å². The molecule has 0 radical (unpaired) electrons. The van der Waals surface area contributed by atoms with Crippen LogP contribution in [0.15, 0.2) is 36.9 Å². The maximum absolute atomic E-state index is 11.8. The third-order valence-corrected chi connectivity index (χ3v) is 2.46. The molecular weight excluding hydrogens is 188 g/mol. The Morgan fingerprint density at radius 2 is 2.27 bits per heavy atom. The largest absolute Gasteiger partial charge is 0.383 e. The van der Waals surface area contributed by atoms with Crippen molar-refractivity contribution in [3.05, 3.63) is 36.9 Å². The number of carbonyl (C=O) groups is 1. The summed E-state index contributed by atoms with van der Waals surface area (Å²) >= 11 is 0. The maximum Gasteiger partial charge on any atom is 0.229 e. The molecular formula is C12H14N2O. The Morgan fingerprint density at radius 1 is 1.47 bits per heavy atom. The van der Waals surface area contributed by atoms with Crippen LogP contribution >= 0.6 is 0 Å². The van der Waals surface area contributed by atoms with Crippen molar-refractivity contribution < 1.29 is 4.79 Å². The number of rotatable bonds is 2. The van der Waals surface area contributed by atoms with Crippen molar-refractivity contribution in [3.8, 4) is 0 Å². The van der Waals surface area contributed by atoms with Gasteiger partial charge in [-0.2, -0.15) is 0 Å². The summed E-state index contributed by atoms with van der Waals surface area (Å²) in [5.41, 5.74) is 1.96. The van der Waals surface area contributed by atoms with Gasteiger partial charge in [-0.3, -0.25) is 4.79 Å². The molecule has 0 saturated carbocycles. The summed E-state index contributed by atoms with van der Waals surface area (Å²) in [6, 6.07) is 7.85. The second-order valence-electron chi connectivity index (χ2n) is 3.49. The Labute approximate surface area is 89.4 Å². The first-order chi connectivity index (χ1) is 7.33. The Balaban J connectivity index is 2.42. The number of hydrogen-bond donors (Lipinski definition) is 1. The molecule has 0 fully saturated rings. The molecule has 1 aromatic carbocycles. The van der Waals surface area contributed by atoms with E-state index in [1.54, 1.807) is 11.0 Å². The van der Waals surface area contributed by atoms with E-state index in [2.05, 4.69) is 11.9 Å². The molecule has 0 atom stereocenters. The van der Waals surface area contributed by atoms with Crippen LogP contribution in [0.5, 0.6) is 0 Å². The Morgan fingerprint density at radius 3 is 3.07 bits per heavy atom. The van der Waals surface area contributed by atoms with Crippen LogP contribution in [0.1, 0.15) is 6.42 Å². The van der Waals surface area contributed by atoms with Gasteiger partial charge < -0.3 is 10.2 Å². The number of para-hydroxylation sites is 2. The predicted molar refractivity (Wildman–Crippen MR) is 62.1 cm³/mol. The first kappa shape index (κ1) is 9.77. The number of benzene rings is 1. The lowest BCUT2D eigenvalue weighted by molar-refractivity contribution is -0.118. The zero-order valence-corrected chi connectivity index (χ0v) is 8.57. The Hall–Kier alpha value is -1.77. The second-order valence-corrected chi connectivity index (χ2v) is 3.49. The van der Waals surface area contributed by atoms with Crippen LogP contribution < -0.4 is 10.2 Å². The van der Waals surface area contributed by atoms with Crippen LogP contribution in [0.4, 0.5) is 11.4 Å². The highest BCUT2D eigenvalue weighted by atomic mass is 16.2. The summed E-state index contributed by atoms with van der Waals surface area (Å²) in [4.78, 5) is 13.6. The van der Waals surface area contributed by atoms with Gasteiger partial charge in [0, 0.05) is 19.5 Å². The van der Waals surface area contributed by atoms with E-state index in [1.807, 2.05) is 24.3 Å². The standard InChI is InChI=1S/C12H14N2O/c1-2-9-14-11-6-4-3-5-10(11)13-8-7-12(14)15/h2-6,13H,1,7-9H2. The van der Waals surface area contributed by atoms with Gasteiger partial charge in [0.25, 0.3) is 0 Å². The van der Waals surface area contributed by atoms with Crippen LogP contribution in [0, 0.1) is 0 Å². The molecule has 78 valence electrons. The smallest absolute Gasteiger partial charge is 0.229 e. The van der Waals surface area contributed by atoms with E-state index in [-0.39, 0.29) is 5.91 Å². The molecule has 0 bridgehead atoms. The van der Waals surface area contributed by atoms with Crippen molar-refractivity contribution >= 4 is 17.3 Å². The minimum Gasteiger partial charge on any atom is -0.383 e. The van der Waals surface area contributed by atoms with Crippen molar-refractivity contribution in [2.45, 2.75) is 6.42 Å². The van der Waals surface area contributed by atoms with Crippen molar-refractivity contribution in [3.63, 3.8) is 0 Å². The van der Waals surface area contributed by atoms with E-state index < -0.39 is 0 Å². The maximum atomic E-state index is 11.8. The number of hydrogen-bond acceptors (Lipinski definition) is 2. The molecule has 0 unspecified atom stereocenters. The Kier molecular flexibility index (Phi) is 2.72. The molecule has 0 aliphatic carbocycles. The van der Waals surface area contributed by atoms with Crippen LogP contribution in [0.2, 0.25) is 0 Å². The first-order valence-electron chi connectivity index (χ1n) is 5.07. The highest BCUT2D eigenvalue weighted by molar-refractivity contribution is 5.98. The molecule has 0 aromatic heterocycles. The van der Waals surface area contributed by atoms with E-state index in [4.69, 9.17) is 0 Å². The lowest BCUT2D eigenvalue weighted by Gasteiger charge is -2.20. The van der Waals surface area contributed by atoms with Crippen LogP contribution in [-0.2, 0) is 4.79 Å². The fraction of sp³-hybridized carbons (Fsp3) is 0.250. The monoisotopic (exact) mass is 202 g/mol. The van der Waals surface area contributed by atoms with Gasteiger partial charge in [0.15, 0.2) is 0 Å². The van der Waals surface area contributed by atoms with Crippen molar-refractivity contribution in [2.75, 3.05) is 23.3 Å². The van der Waals surface area contributed by atoms with E-state index in [9.17, 15) is 4.79 Å². The molecule has 1 N–H and O–H groups in total. The average Bonchev–Trinajstić information content (AvgIpc) is 2.40. The SMILES string of the molecule is C=CCN1C(=O)CCNc2ccccc21. The highest BCUT2D eigenvalue weighted by Crippen LogP contribution is 2.28. The van der Waals surface area contributed by atoms with Gasteiger partial charge in [-0.25, -0.2) is 0 Å². The number of carbonyl (C=O) groups excluding carboxylic acids is 1. The molecule has 0 saturated heterocycles. The molecule has 0 spiro atoms. The summed E-state index contributed by atoms with van der Waals surface area (Å²) in [5, 5.41) is 3.25. The number of anilines is 2. The molecule has 15 heavy (non-hydrogen) atoms. The zero-order valence-electron chi connectivity index (χ0n) is 8.57. The second kappa shape index (κ2) is 4.17. The zero-order chi connectivity index (χ0) is 10.7. The molecule has 3 heteroatoms. The highest BCUT2D eigenvalue weighted by Gasteiger charge is 2.19. The quantitative estimate of drug-likeness (QED) is 0.744. The van der Waals surface area contributed by atoms with E-state index in [1.165, 1.54) is 0 Å². The van der Waals surface area contributed by atoms with E-state index in [0.29, 0.717) is 19.5 Å². The third kappa shape index (κ3) is 1.86. The normalized spacial score (nSPS) is 15.2. The lowest BCUT2D eigenvalue weighted by atomic mass is 10.2.